The van der Waals surface area contributed by atoms with E-state index in [0.29, 0.717) is 11.8 Å². The summed E-state index contributed by atoms with van der Waals surface area (Å²) in [5.41, 5.74) is 12.3. The molecule has 52 heavy (non-hydrogen) atoms. The second-order valence-electron chi connectivity index (χ2n) is 13.0. The van der Waals surface area contributed by atoms with Gasteiger partial charge in [-0.05, 0) is 126 Å². The third kappa shape index (κ3) is 5.60. The third-order valence-electron chi connectivity index (χ3n) is 9.71. The van der Waals surface area contributed by atoms with Crippen LogP contribution in [0, 0.1) is 0 Å². The zero-order chi connectivity index (χ0) is 34.4. The molecule has 0 N–H and O–H groups in total. The van der Waals surface area contributed by atoms with Crippen LogP contribution in [0.4, 0.5) is 11.4 Å². The highest BCUT2D eigenvalue weighted by molar-refractivity contribution is 7.22. The number of para-hydroxylation sites is 4. The number of anilines is 2. The fourth-order valence-electron chi connectivity index (χ4n) is 7.00. The maximum atomic E-state index is 6.07. The summed E-state index contributed by atoms with van der Waals surface area (Å²) in [5.74, 6) is 1.23. The highest BCUT2D eigenvalue weighted by Crippen LogP contribution is 2.39. The quantitative estimate of drug-likeness (QED) is 0.167. The zero-order valence-corrected chi connectivity index (χ0v) is 28.9. The van der Waals surface area contributed by atoms with Gasteiger partial charge in [-0.2, -0.15) is 0 Å². The average molecular weight is 690 g/mol. The van der Waals surface area contributed by atoms with Crippen molar-refractivity contribution in [2.75, 3.05) is 4.90 Å². The molecule has 0 spiro atoms. The molecule has 0 saturated carbocycles. The first-order valence-electron chi connectivity index (χ1n) is 17.4. The second kappa shape index (κ2) is 12.7. The van der Waals surface area contributed by atoms with Crippen molar-refractivity contribution in [2.45, 2.75) is 12.8 Å². The summed E-state index contributed by atoms with van der Waals surface area (Å²) in [6.45, 7) is 0. The number of aromatic nitrogens is 2. The van der Waals surface area contributed by atoms with Crippen LogP contribution < -0.4 is 4.90 Å². The summed E-state index contributed by atoms with van der Waals surface area (Å²) in [4.78, 5) is 13.1. The number of rotatable bonds is 7. The van der Waals surface area contributed by atoms with E-state index >= 15 is 0 Å². The maximum absolute atomic E-state index is 6.07. The van der Waals surface area contributed by atoms with Crippen molar-refractivity contribution >= 4 is 60.6 Å². The SMILES string of the molecule is C1=C(c2ccc(-c3cc4ccccc4s3)cc2)CCC(N(c2ccc(-c3nc4ccccc4o3)cc2)c2ccc(-c3nc4ccccc4o3)cc2)=C1. The smallest absolute Gasteiger partial charge is 0.227 e. The highest BCUT2D eigenvalue weighted by atomic mass is 32.1. The zero-order valence-electron chi connectivity index (χ0n) is 28.1. The lowest BCUT2D eigenvalue weighted by molar-refractivity contribution is 0.619. The molecule has 0 unspecified atom stereocenters. The first-order valence-corrected chi connectivity index (χ1v) is 18.2. The normalized spacial score (nSPS) is 13.1. The molecule has 10 rings (SSSR count). The van der Waals surface area contributed by atoms with Gasteiger partial charge in [-0.15, -0.1) is 11.3 Å². The summed E-state index contributed by atoms with van der Waals surface area (Å²) in [6.07, 6.45) is 6.37. The van der Waals surface area contributed by atoms with Gasteiger partial charge < -0.3 is 13.7 Å². The van der Waals surface area contributed by atoms with Crippen LogP contribution in [0.3, 0.4) is 0 Å². The molecule has 0 atom stereocenters. The minimum atomic E-state index is 0.616. The van der Waals surface area contributed by atoms with Crippen molar-refractivity contribution in [2.24, 2.45) is 0 Å². The Morgan fingerprint density at radius 3 is 1.60 bits per heavy atom. The Balaban J connectivity index is 0.973. The number of fused-ring (bicyclic) bond motifs is 3. The number of hydrogen-bond donors (Lipinski definition) is 0. The molecule has 9 aromatic rings. The van der Waals surface area contributed by atoms with Gasteiger partial charge in [-0.1, -0.05) is 72.8 Å². The fourth-order valence-corrected chi connectivity index (χ4v) is 8.07. The monoisotopic (exact) mass is 689 g/mol. The molecule has 0 bridgehead atoms. The molecule has 0 aliphatic heterocycles. The van der Waals surface area contributed by atoms with Gasteiger partial charge in [0, 0.05) is 37.8 Å². The van der Waals surface area contributed by atoms with Crippen molar-refractivity contribution in [3.05, 3.63) is 175 Å². The number of nitrogens with zero attached hydrogens (tertiary/aromatic N) is 3. The van der Waals surface area contributed by atoms with Crippen LogP contribution in [-0.2, 0) is 0 Å². The molecule has 3 aromatic heterocycles. The van der Waals surface area contributed by atoms with Gasteiger partial charge in [0.15, 0.2) is 11.2 Å². The molecule has 1 aliphatic carbocycles. The molecule has 1 aliphatic rings. The minimum Gasteiger partial charge on any atom is -0.436 e. The largest absolute Gasteiger partial charge is 0.436 e. The van der Waals surface area contributed by atoms with Crippen LogP contribution in [0.15, 0.2) is 178 Å². The molecule has 0 radical (unpaired) electrons. The second-order valence-corrected chi connectivity index (χ2v) is 14.1. The number of oxazole rings is 2. The van der Waals surface area contributed by atoms with E-state index in [4.69, 9.17) is 18.8 Å². The summed E-state index contributed by atoms with van der Waals surface area (Å²) >= 11 is 1.84. The van der Waals surface area contributed by atoms with E-state index < -0.39 is 0 Å². The van der Waals surface area contributed by atoms with Crippen molar-refractivity contribution in [3.8, 4) is 33.3 Å². The molecule has 5 nitrogen and oxygen atoms in total. The summed E-state index contributed by atoms with van der Waals surface area (Å²) in [6, 6.07) is 52.5. The molecule has 0 fully saturated rings. The van der Waals surface area contributed by atoms with Gasteiger partial charge in [0.2, 0.25) is 11.8 Å². The Morgan fingerprint density at radius 1 is 0.500 bits per heavy atom. The Morgan fingerprint density at radius 2 is 1.04 bits per heavy atom. The van der Waals surface area contributed by atoms with Gasteiger partial charge in [0.25, 0.3) is 0 Å². The van der Waals surface area contributed by atoms with Crippen molar-refractivity contribution < 1.29 is 8.83 Å². The van der Waals surface area contributed by atoms with E-state index in [9.17, 15) is 0 Å². The molecule has 0 amide bonds. The Labute approximate surface area is 304 Å². The fraction of sp³-hybridized carbons (Fsp3) is 0.0435. The topological polar surface area (TPSA) is 55.3 Å². The van der Waals surface area contributed by atoms with Crippen LogP contribution in [0.1, 0.15) is 18.4 Å². The van der Waals surface area contributed by atoms with Crippen molar-refractivity contribution in [1.82, 2.24) is 9.97 Å². The lowest BCUT2D eigenvalue weighted by Crippen LogP contribution is -2.17. The first kappa shape index (κ1) is 30.3. The predicted octanol–water partition coefficient (Wildman–Crippen LogP) is 13.1. The van der Waals surface area contributed by atoms with Crippen LogP contribution in [-0.4, -0.2) is 9.97 Å². The molecule has 6 heteroatoms. The van der Waals surface area contributed by atoms with E-state index in [1.54, 1.807) is 0 Å². The number of benzene rings is 6. The molecule has 6 aromatic carbocycles. The number of thiophene rings is 1. The molecular weight excluding hydrogens is 659 g/mol. The van der Waals surface area contributed by atoms with Gasteiger partial charge >= 0.3 is 0 Å². The molecule has 3 heterocycles. The van der Waals surface area contributed by atoms with E-state index in [1.807, 2.05) is 59.9 Å². The van der Waals surface area contributed by atoms with Gasteiger partial charge in [0.05, 0.1) is 0 Å². The van der Waals surface area contributed by atoms with E-state index in [2.05, 4.69) is 120 Å². The van der Waals surface area contributed by atoms with Crippen molar-refractivity contribution in [1.29, 1.82) is 0 Å². The first-order chi connectivity index (χ1) is 25.7. The number of hydrogen-bond acceptors (Lipinski definition) is 6. The predicted molar refractivity (Wildman–Crippen MR) is 214 cm³/mol. The lowest BCUT2D eigenvalue weighted by atomic mass is 9.94. The van der Waals surface area contributed by atoms with Crippen LogP contribution in [0.2, 0.25) is 0 Å². The minimum absolute atomic E-state index is 0.616. The Hall–Kier alpha value is -6.50. The average Bonchev–Trinajstić information content (AvgIpc) is 3.96. The summed E-state index contributed by atoms with van der Waals surface area (Å²) in [5, 5.41) is 1.30. The van der Waals surface area contributed by atoms with Gasteiger partial charge in [0.1, 0.15) is 11.0 Å². The number of allylic oxidation sites excluding steroid dienone is 4. The molecule has 248 valence electrons. The van der Waals surface area contributed by atoms with Crippen LogP contribution >= 0.6 is 11.3 Å². The summed E-state index contributed by atoms with van der Waals surface area (Å²) in [7, 11) is 0. The Bertz CT molecular complexity index is 2570. The lowest BCUT2D eigenvalue weighted by Gasteiger charge is -2.30. The molecule has 0 saturated heterocycles. The van der Waals surface area contributed by atoms with E-state index in [1.165, 1.54) is 37.4 Å². The Kier molecular flexibility index (Phi) is 7.40. The van der Waals surface area contributed by atoms with Gasteiger partial charge in [-0.3, -0.25) is 0 Å². The molecular formula is C46H31N3O2S. The highest BCUT2D eigenvalue weighted by Gasteiger charge is 2.20. The van der Waals surface area contributed by atoms with Gasteiger partial charge in [-0.25, -0.2) is 9.97 Å². The standard InChI is InChI=1S/C46H31N3O2S/c1-6-12-43-35(7-1)29-44(52-43)32-15-13-30(14-16-32)31-17-23-36(24-18-31)49(37-25-19-33(20-26-37)45-47-39-8-2-4-10-41(39)50-45)38-27-21-34(22-28-38)46-48-40-9-3-5-11-42(40)51-46/h1-17,19-23,25-29H,18,24H2. The maximum Gasteiger partial charge on any atom is 0.227 e. The van der Waals surface area contributed by atoms with E-state index in [0.717, 1.165) is 57.5 Å². The van der Waals surface area contributed by atoms with Crippen LogP contribution in [0.25, 0.3) is 71.2 Å². The van der Waals surface area contributed by atoms with E-state index in [-0.39, 0.29) is 0 Å². The third-order valence-corrected chi connectivity index (χ3v) is 10.9. The van der Waals surface area contributed by atoms with Crippen LogP contribution in [0.5, 0.6) is 0 Å². The van der Waals surface area contributed by atoms with Crippen molar-refractivity contribution in [3.63, 3.8) is 0 Å². The summed E-state index contributed by atoms with van der Waals surface area (Å²) < 4.78 is 13.5.